The van der Waals surface area contributed by atoms with Gasteiger partial charge in [-0.2, -0.15) is 0 Å². The van der Waals surface area contributed by atoms with Crippen molar-refractivity contribution in [2.75, 3.05) is 13.2 Å². The van der Waals surface area contributed by atoms with Crippen LogP contribution in [0.4, 0.5) is 4.39 Å². The molecule has 0 saturated heterocycles. The van der Waals surface area contributed by atoms with Crippen molar-refractivity contribution in [1.82, 2.24) is 5.32 Å². The van der Waals surface area contributed by atoms with E-state index in [1.165, 1.54) is 5.56 Å². The van der Waals surface area contributed by atoms with Crippen LogP contribution < -0.4 is 10.1 Å². The highest BCUT2D eigenvalue weighted by molar-refractivity contribution is 5.75. The van der Waals surface area contributed by atoms with Gasteiger partial charge < -0.3 is 10.1 Å². The van der Waals surface area contributed by atoms with E-state index in [0.717, 1.165) is 36.8 Å². The van der Waals surface area contributed by atoms with Crippen molar-refractivity contribution in [2.24, 2.45) is 0 Å². The van der Waals surface area contributed by atoms with Crippen molar-refractivity contribution in [3.8, 4) is 5.75 Å². The van der Waals surface area contributed by atoms with Crippen LogP contribution in [0.2, 0.25) is 0 Å². The number of nitrogens with one attached hydrogen (secondary N) is 1. The molecule has 0 fully saturated rings. The number of carbonyl (C=O) groups excluding carboxylic acids is 1. The molecule has 1 atom stereocenters. The molecule has 3 rings (SSSR count). The second kappa shape index (κ2) is 5.43. The Labute approximate surface area is 118 Å². The molecule has 1 unspecified atom stereocenters. The van der Waals surface area contributed by atoms with Crippen molar-refractivity contribution in [1.29, 1.82) is 0 Å². The number of rotatable bonds is 4. The number of halogens is 1. The van der Waals surface area contributed by atoms with Gasteiger partial charge in [0.25, 0.3) is 0 Å². The highest BCUT2D eigenvalue weighted by atomic mass is 19.1. The smallest absolute Gasteiger partial charge is 0.219 e. The summed E-state index contributed by atoms with van der Waals surface area (Å²) in [5.41, 5.74) is 3.51. The molecule has 20 heavy (non-hydrogen) atoms. The molecule has 0 radical (unpaired) electrons. The van der Waals surface area contributed by atoms with Crippen molar-refractivity contribution in [3.05, 3.63) is 28.6 Å². The summed E-state index contributed by atoms with van der Waals surface area (Å²) in [6.07, 6.45) is 4.25. The van der Waals surface area contributed by atoms with Crippen LogP contribution in [0.5, 0.6) is 5.75 Å². The number of hydrogen-bond acceptors (Lipinski definition) is 2. The minimum absolute atomic E-state index is 0.0934. The largest absolute Gasteiger partial charge is 0.490 e. The average molecular weight is 277 g/mol. The second-order valence-corrected chi connectivity index (χ2v) is 5.57. The fraction of sp³-hybridized carbons (Fsp3) is 0.562. The molecular weight excluding hydrogens is 257 g/mol. The van der Waals surface area contributed by atoms with E-state index >= 15 is 0 Å². The minimum Gasteiger partial charge on any atom is -0.490 e. The summed E-state index contributed by atoms with van der Waals surface area (Å²) in [4.78, 5) is 11.3. The van der Waals surface area contributed by atoms with E-state index in [-0.39, 0.29) is 11.7 Å². The van der Waals surface area contributed by atoms with E-state index in [1.807, 2.05) is 6.92 Å². The molecule has 4 heteroatoms. The molecule has 1 heterocycles. The predicted molar refractivity (Wildman–Crippen MR) is 74.6 cm³/mol. The van der Waals surface area contributed by atoms with Crippen LogP contribution in [0.3, 0.4) is 0 Å². The van der Waals surface area contributed by atoms with Crippen LogP contribution >= 0.6 is 0 Å². The van der Waals surface area contributed by atoms with E-state index in [9.17, 15) is 9.18 Å². The Bertz CT molecular complexity index is 542. The van der Waals surface area contributed by atoms with Gasteiger partial charge in [0.05, 0.1) is 6.61 Å². The van der Waals surface area contributed by atoms with Gasteiger partial charge >= 0.3 is 0 Å². The van der Waals surface area contributed by atoms with Gasteiger partial charge in [-0.15, -0.1) is 0 Å². The molecule has 1 N–H and O–H groups in total. The molecule has 0 saturated carbocycles. The van der Waals surface area contributed by atoms with Gasteiger partial charge in [0, 0.05) is 24.9 Å². The maximum absolute atomic E-state index is 13.9. The lowest BCUT2D eigenvalue weighted by atomic mass is 9.91. The predicted octanol–water partition coefficient (Wildman–Crippen LogP) is 2.71. The molecule has 1 aromatic rings. The zero-order valence-corrected chi connectivity index (χ0v) is 11.8. The van der Waals surface area contributed by atoms with E-state index in [0.29, 0.717) is 31.2 Å². The summed E-state index contributed by atoms with van der Waals surface area (Å²) in [6, 6.07) is 1.64. The Morgan fingerprint density at radius 1 is 1.50 bits per heavy atom. The van der Waals surface area contributed by atoms with Gasteiger partial charge in [-0.1, -0.05) is 6.92 Å². The van der Waals surface area contributed by atoms with Crippen molar-refractivity contribution in [2.45, 2.75) is 44.9 Å². The molecule has 0 aromatic heterocycles. The zero-order valence-electron chi connectivity index (χ0n) is 11.8. The van der Waals surface area contributed by atoms with Crippen molar-refractivity contribution in [3.63, 3.8) is 0 Å². The molecular formula is C16H20FNO2. The third-order valence-corrected chi connectivity index (χ3v) is 4.37. The molecule has 1 aliphatic heterocycles. The molecule has 1 aliphatic carbocycles. The standard InChI is InChI=1S/C16H20FNO2/c1-2-14(19)18-7-5-10-3-4-11-9-13(17)16-12(15(10)11)6-8-20-16/h9-10H,2-8H2,1H3,(H,18,19). The van der Waals surface area contributed by atoms with Gasteiger partial charge in [-0.3, -0.25) is 4.79 Å². The molecule has 3 nitrogen and oxygen atoms in total. The lowest BCUT2D eigenvalue weighted by Crippen LogP contribution is -2.24. The Morgan fingerprint density at radius 3 is 3.15 bits per heavy atom. The van der Waals surface area contributed by atoms with E-state index < -0.39 is 0 Å². The Kier molecular flexibility index (Phi) is 3.64. The molecule has 0 bridgehead atoms. The monoisotopic (exact) mass is 277 g/mol. The molecule has 108 valence electrons. The second-order valence-electron chi connectivity index (χ2n) is 5.57. The average Bonchev–Trinajstić information content (AvgIpc) is 3.05. The fourth-order valence-electron chi connectivity index (χ4n) is 3.40. The van der Waals surface area contributed by atoms with Crippen LogP contribution in [0, 0.1) is 5.82 Å². The quantitative estimate of drug-likeness (QED) is 0.919. The van der Waals surface area contributed by atoms with Crippen LogP contribution in [0.1, 0.15) is 48.8 Å². The number of carbonyl (C=O) groups is 1. The van der Waals surface area contributed by atoms with E-state index in [4.69, 9.17) is 4.74 Å². The first-order chi connectivity index (χ1) is 9.70. The van der Waals surface area contributed by atoms with E-state index in [1.54, 1.807) is 6.07 Å². The third-order valence-electron chi connectivity index (χ3n) is 4.37. The first-order valence-corrected chi connectivity index (χ1v) is 7.44. The third kappa shape index (κ3) is 2.28. The summed E-state index contributed by atoms with van der Waals surface area (Å²) in [7, 11) is 0. The molecule has 1 aromatic carbocycles. The fourth-order valence-corrected chi connectivity index (χ4v) is 3.40. The lowest BCUT2D eigenvalue weighted by Gasteiger charge is -2.15. The van der Waals surface area contributed by atoms with Crippen LogP contribution in [0.15, 0.2) is 6.07 Å². The lowest BCUT2D eigenvalue weighted by molar-refractivity contribution is -0.120. The highest BCUT2D eigenvalue weighted by Gasteiger charge is 2.31. The summed E-state index contributed by atoms with van der Waals surface area (Å²) < 4.78 is 19.3. The molecule has 1 amide bonds. The van der Waals surface area contributed by atoms with Gasteiger partial charge in [-0.05, 0) is 42.4 Å². The number of hydrogen-bond donors (Lipinski definition) is 1. The van der Waals surface area contributed by atoms with E-state index in [2.05, 4.69) is 5.32 Å². The summed E-state index contributed by atoms with van der Waals surface area (Å²) >= 11 is 0. The Balaban J connectivity index is 1.76. The van der Waals surface area contributed by atoms with Crippen LogP contribution in [-0.4, -0.2) is 19.1 Å². The summed E-state index contributed by atoms with van der Waals surface area (Å²) in [5, 5.41) is 2.92. The van der Waals surface area contributed by atoms with Gasteiger partial charge in [0.2, 0.25) is 5.91 Å². The van der Waals surface area contributed by atoms with Crippen LogP contribution in [-0.2, 0) is 17.6 Å². The van der Waals surface area contributed by atoms with Gasteiger partial charge in [-0.25, -0.2) is 4.39 Å². The number of aryl methyl sites for hydroxylation is 1. The maximum Gasteiger partial charge on any atom is 0.219 e. The van der Waals surface area contributed by atoms with Crippen molar-refractivity contribution < 1.29 is 13.9 Å². The first-order valence-electron chi connectivity index (χ1n) is 7.44. The number of fused-ring (bicyclic) bond motifs is 3. The summed E-state index contributed by atoms with van der Waals surface area (Å²) in [6.45, 7) is 3.14. The molecule has 2 aliphatic rings. The normalized spacial score (nSPS) is 19.4. The Morgan fingerprint density at radius 2 is 2.35 bits per heavy atom. The topological polar surface area (TPSA) is 38.3 Å². The number of benzene rings is 1. The highest BCUT2D eigenvalue weighted by Crippen LogP contribution is 2.44. The number of amides is 1. The summed E-state index contributed by atoms with van der Waals surface area (Å²) in [5.74, 6) is 0.776. The molecule has 0 spiro atoms. The van der Waals surface area contributed by atoms with Crippen molar-refractivity contribution >= 4 is 5.91 Å². The van der Waals surface area contributed by atoms with Crippen LogP contribution in [0.25, 0.3) is 0 Å². The SMILES string of the molecule is CCC(=O)NCCC1CCc2cc(F)c3c(c21)CCO3. The Hall–Kier alpha value is -1.58. The maximum atomic E-state index is 13.9. The minimum atomic E-state index is -0.212. The first kappa shape index (κ1) is 13.4. The zero-order chi connectivity index (χ0) is 14.1. The number of ether oxygens (including phenoxy) is 1. The van der Waals surface area contributed by atoms with Gasteiger partial charge in [0.1, 0.15) is 0 Å². The van der Waals surface area contributed by atoms with Gasteiger partial charge in [0.15, 0.2) is 11.6 Å².